The summed E-state index contributed by atoms with van der Waals surface area (Å²) in [7, 11) is 1.71. The van der Waals surface area contributed by atoms with Gasteiger partial charge in [0.15, 0.2) is 0 Å². The second-order valence-corrected chi connectivity index (χ2v) is 10.2. The number of piperidine rings is 1. The summed E-state index contributed by atoms with van der Waals surface area (Å²) in [6.45, 7) is 3.22. The molecule has 1 aliphatic heterocycles. The maximum absolute atomic E-state index is 12.8. The lowest BCUT2D eigenvalue weighted by Gasteiger charge is -2.31. The van der Waals surface area contributed by atoms with Crippen molar-refractivity contribution in [3.63, 3.8) is 0 Å². The number of carbonyl (C=O) groups excluding carboxylic acids is 1. The van der Waals surface area contributed by atoms with E-state index in [1.807, 2.05) is 18.2 Å². The number of nitrogens with zero attached hydrogens (tertiary/aromatic N) is 2. The fraction of sp³-hybridized carbons (Fsp3) is 0.462. The Morgan fingerprint density at radius 3 is 2.56 bits per heavy atom. The van der Waals surface area contributed by atoms with Crippen molar-refractivity contribution in [2.75, 3.05) is 20.1 Å². The van der Waals surface area contributed by atoms with Gasteiger partial charge in [-0.05, 0) is 54.0 Å². The van der Waals surface area contributed by atoms with E-state index in [0.29, 0.717) is 55.3 Å². The molecule has 182 valence electrons. The number of aliphatic imine (C=N–C) groups is 1. The first-order valence-corrected chi connectivity index (χ1v) is 13.0. The molecule has 0 atom stereocenters. The lowest BCUT2D eigenvalue weighted by Crippen LogP contribution is -2.40. The van der Waals surface area contributed by atoms with Crippen LogP contribution in [0.3, 0.4) is 0 Å². The van der Waals surface area contributed by atoms with E-state index >= 15 is 0 Å². The Hall–Kier alpha value is -2.19. The van der Waals surface area contributed by atoms with Crippen molar-refractivity contribution in [1.82, 2.24) is 4.90 Å². The molecule has 0 spiro atoms. The van der Waals surface area contributed by atoms with E-state index in [-0.39, 0.29) is 24.2 Å². The van der Waals surface area contributed by atoms with Gasteiger partial charge in [0.2, 0.25) is 5.90 Å². The Bertz CT molecular complexity index is 1080. The van der Waals surface area contributed by atoms with E-state index in [2.05, 4.69) is 23.4 Å². The highest BCUT2D eigenvalue weighted by atomic mass is 35.5. The van der Waals surface area contributed by atoms with Crippen molar-refractivity contribution < 1.29 is 19.7 Å². The number of thiophene rings is 1. The molecule has 8 heteroatoms. The molecule has 6 nitrogen and oxygen atoms in total. The lowest BCUT2D eigenvalue weighted by molar-refractivity contribution is -0.0166. The number of hydrogen-bond donors (Lipinski definition) is 2. The zero-order valence-electron chi connectivity index (χ0n) is 19.5. The van der Waals surface area contributed by atoms with Gasteiger partial charge in [-0.3, -0.25) is 9.79 Å². The number of aliphatic hydroxyl groups excluding tert-OH is 2. The number of rotatable bonds is 6. The molecule has 2 fully saturated rings. The van der Waals surface area contributed by atoms with Crippen LogP contribution in [-0.4, -0.2) is 65.4 Å². The van der Waals surface area contributed by atoms with Crippen molar-refractivity contribution in [2.45, 2.75) is 57.3 Å². The molecule has 2 aromatic rings. The average Bonchev–Trinajstić information content (AvgIpc) is 3.30. The molecule has 0 bridgehead atoms. The summed E-state index contributed by atoms with van der Waals surface area (Å²) in [5, 5.41) is 21.8. The molecule has 1 aromatic carbocycles. The molecule has 4 rings (SSSR count). The lowest BCUT2D eigenvalue weighted by atomic mass is 9.92. The summed E-state index contributed by atoms with van der Waals surface area (Å²) in [4.78, 5) is 19.9. The first-order valence-electron chi connectivity index (χ1n) is 11.8. The van der Waals surface area contributed by atoms with Gasteiger partial charge in [-0.1, -0.05) is 24.6 Å². The summed E-state index contributed by atoms with van der Waals surface area (Å²) in [5.41, 5.74) is 3.66. The number of aliphatic hydroxyl groups is 2. The summed E-state index contributed by atoms with van der Waals surface area (Å²) >= 11 is 8.22. The van der Waals surface area contributed by atoms with E-state index < -0.39 is 0 Å². The number of allylic oxidation sites excluding steroid dienone is 1. The standard InChI is InChI=1S/C26H31ClN2O4S/c1-3-16(12-25(28-2)33-21-13-20(31)14-21)18-11-24(34-15-18)22-5-4-17(10-23(22)27)26(32)29-8-6-19(30)7-9-29/h4-5,10-12,15,19-21,30-31H,3,6-9,13-14H2,1-2H3/b16-12+,28-25?. The van der Waals surface area contributed by atoms with Crippen molar-refractivity contribution >= 4 is 40.3 Å². The fourth-order valence-electron chi connectivity index (χ4n) is 4.24. The zero-order chi connectivity index (χ0) is 24.2. The van der Waals surface area contributed by atoms with Gasteiger partial charge in [0.25, 0.3) is 5.91 Å². The van der Waals surface area contributed by atoms with E-state index in [9.17, 15) is 15.0 Å². The molecule has 1 saturated heterocycles. The largest absolute Gasteiger partial charge is 0.474 e. The normalized spacial score (nSPS) is 22.0. The van der Waals surface area contributed by atoms with Crippen LogP contribution in [0.5, 0.6) is 0 Å². The SMILES string of the molecule is CC/C(=C\C(=NC)OC1CC(O)C1)c1csc(-c2ccc(C(=O)N3CCC(O)CC3)cc2Cl)c1. The molecule has 1 saturated carbocycles. The smallest absolute Gasteiger partial charge is 0.253 e. The predicted octanol–water partition coefficient (Wildman–Crippen LogP) is 5.03. The monoisotopic (exact) mass is 502 g/mol. The maximum atomic E-state index is 12.8. The molecule has 0 radical (unpaired) electrons. The van der Waals surface area contributed by atoms with Gasteiger partial charge in [-0.2, -0.15) is 0 Å². The second-order valence-electron chi connectivity index (χ2n) is 8.87. The third-order valence-corrected chi connectivity index (χ3v) is 7.74. The number of benzene rings is 1. The van der Waals surface area contributed by atoms with E-state index in [0.717, 1.165) is 28.0 Å². The predicted molar refractivity (Wildman–Crippen MR) is 138 cm³/mol. The number of ether oxygens (including phenoxy) is 1. The number of likely N-dealkylation sites (tertiary alicyclic amines) is 1. The fourth-order valence-corrected chi connectivity index (χ4v) is 5.55. The summed E-state index contributed by atoms with van der Waals surface area (Å²) in [6.07, 6.45) is 4.74. The molecular formula is C26H31ClN2O4S. The van der Waals surface area contributed by atoms with E-state index in [1.165, 1.54) is 0 Å². The van der Waals surface area contributed by atoms with E-state index in [4.69, 9.17) is 16.3 Å². The molecule has 1 aromatic heterocycles. The molecule has 2 heterocycles. The van der Waals surface area contributed by atoms with Crippen LogP contribution in [0, 0.1) is 0 Å². The Labute approximate surface area is 209 Å². The van der Waals surface area contributed by atoms with Crippen LogP contribution < -0.4 is 0 Å². The minimum atomic E-state index is -0.317. The maximum Gasteiger partial charge on any atom is 0.253 e. The molecule has 2 aliphatic rings. The number of halogens is 1. The van der Waals surface area contributed by atoms with Crippen LogP contribution in [-0.2, 0) is 4.74 Å². The molecule has 34 heavy (non-hydrogen) atoms. The van der Waals surface area contributed by atoms with Gasteiger partial charge >= 0.3 is 0 Å². The first kappa shape index (κ1) is 24.9. The van der Waals surface area contributed by atoms with Gasteiger partial charge in [0, 0.05) is 55.1 Å². The number of hydrogen-bond acceptors (Lipinski definition) is 6. The quantitative estimate of drug-likeness (QED) is 0.429. The molecule has 1 aliphatic carbocycles. The van der Waals surface area contributed by atoms with Gasteiger partial charge in [0.1, 0.15) is 6.10 Å². The molecular weight excluding hydrogens is 472 g/mol. The Kier molecular flexibility index (Phi) is 8.09. The summed E-state index contributed by atoms with van der Waals surface area (Å²) < 4.78 is 5.91. The highest BCUT2D eigenvalue weighted by molar-refractivity contribution is 7.13. The van der Waals surface area contributed by atoms with Crippen LogP contribution in [0.2, 0.25) is 5.02 Å². The number of amides is 1. The number of carbonyl (C=O) groups is 1. The van der Waals surface area contributed by atoms with Gasteiger partial charge < -0.3 is 19.8 Å². The van der Waals surface area contributed by atoms with Crippen molar-refractivity contribution in [3.05, 3.63) is 51.9 Å². The molecule has 0 unspecified atom stereocenters. The van der Waals surface area contributed by atoms with Crippen molar-refractivity contribution in [2.24, 2.45) is 4.99 Å². The third kappa shape index (κ3) is 5.71. The average molecular weight is 503 g/mol. The van der Waals surface area contributed by atoms with Crippen LogP contribution in [0.1, 0.15) is 54.9 Å². The molecule has 2 N–H and O–H groups in total. The van der Waals surface area contributed by atoms with Crippen LogP contribution in [0.15, 0.2) is 40.7 Å². The Balaban J connectivity index is 1.48. The van der Waals surface area contributed by atoms with Crippen LogP contribution in [0.25, 0.3) is 16.0 Å². The van der Waals surface area contributed by atoms with Crippen LogP contribution >= 0.6 is 22.9 Å². The van der Waals surface area contributed by atoms with Gasteiger partial charge in [-0.25, -0.2) is 0 Å². The van der Waals surface area contributed by atoms with Gasteiger partial charge in [0.05, 0.1) is 17.2 Å². The minimum Gasteiger partial charge on any atom is -0.474 e. The van der Waals surface area contributed by atoms with E-state index in [1.54, 1.807) is 29.4 Å². The van der Waals surface area contributed by atoms with Crippen molar-refractivity contribution in [1.29, 1.82) is 0 Å². The summed E-state index contributed by atoms with van der Waals surface area (Å²) in [5.74, 6) is 0.529. The Morgan fingerprint density at radius 1 is 1.21 bits per heavy atom. The topological polar surface area (TPSA) is 82.4 Å². The zero-order valence-corrected chi connectivity index (χ0v) is 21.1. The Morgan fingerprint density at radius 2 is 1.94 bits per heavy atom. The first-order chi connectivity index (χ1) is 16.4. The molecule has 1 amide bonds. The van der Waals surface area contributed by atoms with Crippen LogP contribution in [0.4, 0.5) is 0 Å². The van der Waals surface area contributed by atoms with Crippen molar-refractivity contribution in [3.8, 4) is 10.4 Å². The highest BCUT2D eigenvalue weighted by Crippen LogP contribution is 2.36. The third-order valence-electron chi connectivity index (χ3n) is 6.46. The second kappa shape index (κ2) is 11.0. The minimum absolute atomic E-state index is 0.0242. The highest BCUT2D eigenvalue weighted by Gasteiger charge is 2.29. The van der Waals surface area contributed by atoms with Gasteiger partial charge in [-0.15, -0.1) is 11.3 Å². The summed E-state index contributed by atoms with van der Waals surface area (Å²) in [6, 6.07) is 7.58.